The average molecular weight is 453 g/mol. The first-order chi connectivity index (χ1) is 14.6. The number of quaternary nitrogens is 1. The van der Waals surface area contributed by atoms with Gasteiger partial charge in [0, 0.05) is 30.2 Å². The molecule has 1 N–H and O–H groups in total. The summed E-state index contributed by atoms with van der Waals surface area (Å²) in [6, 6.07) is 11.2. The number of benzene rings is 2. The third kappa shape index (κ3) is 4.79. The van der Waals surface area contributed by atoms with E-state index in [4.69, 9.17) is 0 Å². The number of halogens is 4. The number of alkyl halides is 3. The topological polar surface area (TPSA) is 68.8 Å². The number of aromatic amines is 1. The van der Waals surface area contributed by atoms with Gasteiger partial charge in [0.2, 0.25) is 0 Å². The van der Waals surface area contributed by atoms with E-state index in [0.29, 0.717) is 22.0 Å². The van der Waals surface area contributed by atoms with Crippen molar-refractivity contribution in [3.8, 4) is 0 Å². The molecule has 1 fully saturated rings. The summed E-state index contributed by atoms with van der Waals surface area (Å²) in [6.07, 6.45) is -4.50. The van der Waals surface area contributed by atoms with Crippen LogP contribution >= 0.6 is 7.92 Å². The van der Waals surface area contributed by atoms with Crippen molar-refractivity contribution in [1.29, 1.82) is 0 Å². The first-order valence-electron chi connectivity index (χ1n) is 9.77. The molecule has 1 aliphatic heterocycles. The Bertz CT molecular complexity index is 1160. The van der Waals surface area contributed by atoms with Crippen molar-refractivity contribution < 1.29 is 17.6 Å². The summed E-state index contributed by atoms with van der Waals surface area (Å²) in [5.74, 6) is -0.667. The van der Waals surface area contributed by atoms with Crippen molar-refractivity contribution in [2.24, 2.45) is 0 Å². The fourth-order valence-corrected chi connectivity index (χ4v) is 6.22. The molecule has 0 atom stereocenters. The molecule has 3 aromatic rings. The molecule has 5 nitrogen and oxygen atoms in total. The van der Waals surface area contributed by atoms with Crippen LogP contribution in [0.2, 0.25) is 0 Å². The molecule has 0 saturated carbocycles. The van der Waals surface area contributed by atoms with Crippen molar-refractivity contribution in [2.75, 3.05) is 31.6 Å². The van der Waals surface area contributed by atoms with Gasteiger partial charge in [0.05, 0.1) is 30.3 Å². The molecule has 164 valence electrons. The maximum absolute atomic E-state index is 14.6. The summed E-state index contributed by atoms with van der Waals surface area (Å²) in [5, 5.41) is 21.0. The highest BCUT2D eigenvalue weighted by molar-refractivity contribution is 7.57. The van der Waals surface area contributed by atoms with E-state index in [1.54, 1.807) is 30.3 Å². The number of rotatable bonds is 4. The van der Waals surface area contributed by atoms with E-state index in [1.807, 2.05) is 0 Å². The number of aromatic nitrogens is 2. The van der Waals surface area contributed by atoms with Crippen molar-refractivity contribution in [2.45, 2.75) is 12.6 Å². The van der Waals surface area contributed by atoms with Gasteiger partial charge in [0.15, 0.2) is 11.5 Å². The Morgan fingerprint density at radius 3 is 2.45 bits per heavy atom. The molecule has 10 heteroatoms. The number of nitrogens with zero attached hydrogens (tertiary/aromatic N) is 2. The van der Waals surface area contributed by atoms with Crippen LogP contribution in [0.4, 0.5) is 23.2 Å². The zero-order valence-electron chi connectivity index (χ0n) is 16.5. The first kappa shape index (κ1) is 21.9. The van der Waals surface area contributed by atoms with E-state index < -0.39 is 30.7 Å². The lowest BCUT2D eigenvalue weighted by atomic mass is 10.0. The molecule has 1 aromatic heterocycles. The van der Waals surface area contributed by atoms with Crippen molar-refractivity contribution >= 4 is 24.4 Å². The minimum Gasteiger partial charge on any atom is -0.627 e. The summed E-state index contributed by atoms with van der Waals surface area (Å²) in [4.78, 5) is 12.0. The van der Waals surface area contributed by atoms with Crippen LogP contribution in [0.15, 0.2) is 47.3 Å². The van der Waals surface area contributed by atoms with Gasteiger partial charge in [-0.05, 0) is 17.7 Å². The number of nitrogens with one attached hydrogen (secondary N) is 1. The minimum absolute atomic E-state index is 0.0621. The van der Waals surface area contributed by atoms with Gasteiger partial charge in [-0.1, -0.05) is 32.2 Å². The third-order valence-electron chi connectivity index (χ3n) is 5.55. The van der Waals surface area contributed by atoms with Gasteiger partial charge in [-0.25, -0.2) is 9.49 Å². The summed E-state index contributed by atoms with van der Waals surface area (Å²) < 4.78 is 51.6. The van der Waals surface area contributed by atoms with E-state index >= 15 is 0 Å². The first-order valence-corrected chi connectivity index (χ1v) is 11.7. The van der Waals surface area contributed by atoms with Crippen LogP contribution < -0.4 is 10.2 Å². The molecule has 1 saturated heterocycles. The van der Waals surface area contributed by atoms with E-state index in [1.165, 1.54) is 12.1 Å². The second-order valence-electron chi connectivity index (χ2n) is 7.74. The van der Waals surface area contributed by atoms with Gasteiger partial charge in [0.25, 0.3) is 5.56 Å². The number of hydroxylamine groups is 2. The molecule has 2 aromatic carbocycles. The molecule has 2 heterocycles. The van der Waals surface area contributed by atoms with Crippen LogP contribution in [0.5, 0.6) is 0 Å². The summed E-state index contributed by atoms with van der Waals surface area (Å²) in [5.41, 5.74) is 0.843. The standard InChI is InChI=1S/C21H20F4N3O2P/c22-17-6-5-14(11-18-15-3-1-2-4-16(15)20(29)27-26-18)12-19(17)28(30)7-9-31(10-8-28)13-21(23,24)25/h1-6,12H,7-11,13H2,(H,27,29). The number of hydrogen-bond acceptors (Lipinski definition) is 3. The predicted octanol–water partition coefficient (Wildman–Crippen LogP) is 4.52. The Hall–Kier alpha value is -2.35. The van der Waals surface area contributed by atoms with Gasteiger partial charge in [-0.15, -0.1) is 0 Å². The highest BCUT2D eigenvalue weighted by Gasteiger charge is 2.37. The molecular formula is C21H20F4N3O2P. The van der Waals surface area contributed by atoms with Gasteiger partial charge >= 0.3 is 6.18 Å². The highest BCUT2D eigenvalue weighted by Crippen LogP contribution is 2.46. The second kappa shape index (κ2) is 8.30. The Balaban J connectivity index is 1.59. The Labute approximate surface area is 176 Å². The maximum atomic E-state index is 14.6. The molecule has 1 aliphatic rings. The third-order valence-corrected chi connectivity index (χ3v) is 8.02. The smallest absolute Gasteiger partial charge is 0.392 e. The zero-order valence-corrected chi connectivity index (χ0v) is 17.3. The molecule has 0 amide bonds. The van der Waals surface area contributed by atoms with Crippen molar-refractivity contribution in [3.63, 3.8) is 0 Å². The molecule has 0 unspecified atom stereocenters. The second-order valence-corrected chi connectivity index (χ2v) is 10.3. The molecule has 4 rings (SSSR count). The minimum atomic E-state index is -4.24. The van der Waals surface area contributed by atoms with Gasteiger partial charge in [-0.2, -0.15) is 18.3 Å². The van der Waals surface area contributed by atoms with E-state index in [0.717, 1.165) is 0 Å². The van der Waals surface area contributed by atoms with Crippen LogP contribution in [0.3, 0.4) is 0 Å². The van der Waals surface area contributed by atoms with Gasteiger partial charge in [0.1, 0.15) is 0 Å². The van der Waals surface area contributed by atoms with E-state index in [-0.39, 0.29) is 43.1 Å². The quantitative estimate of drug-likeness (QED) is 0.274. The van der Waals surface area contributed by atoms with Crippen LogP contribution in [0.25, 0.3) is 10.8 Å². The highest BCUT2D eigenvalue weighted by atomic mass is 31.1. The maximum Gasteiger partial charge on any atom is 0.392 e. The average Bonchev–Trinajstić information content (AvgIpc) is 2.72. The molecule has 0 radical (unpaired) electrons. The fourth-order valence-electron chi connectivity index (χ4n) is 3.96. The summed E-state index contributed by atoms with van der Waals surface area (Å²) in [6.45, 7) is -0.135. The molecular weight excluding hydrogens is 433 g/mol. The van der Waals surface area contributed by atoms with Crippen LogP contribution in [0, 0.1) is 11.0 Å². The Kier molecular flexibility index (Phi) is 5.85. The normalized spacial score (nSPS) is 22.0. The Morgan fingerprint density at radius 1 is 1.10 bits per heavy atom. The summed E-state index contributed by atoms with van der Waals surface area (Å²) >= 11 is 0. The monoisotopic (exact) mass is 453 g/mol. The Morgan fingerprint density at radius 2 is 1.77 bits per heavy atom. The van der Waals surface area contributed by atoms with Crippen LogP contribution in [-0.4, -0.2) is 47.9 Å². The molecule has 0 bridgehead atoms. The van der Waals surface area contributed by atoms with Gasteiger partial charge < -0.3 is 9.85 Å². The van der Waals surface area contributed by atoms with E-state index in [2.05, 4.69) is 10.2 Å². The van der Waals surface area contributed by atoms with E-state index in [9.17, 15) is 27.6 Å². The molecule has 31 heavy (non-hydrogen) atoms. The predicted molar refractivity (Wildman–Crippen MR) is 114 cm³/mol. The molecule has 0 spiro atoms. The fraction of sp³-hybridized carbons (Fsp3) is 0.333. The number of hydrogen-bond donors (Lipinski definition) is 1. The largest absolute Gasteiger partial charge is 0.627 e. The van der Waals surface area contributed by atoms with Crippen molar-refractivity contribution in [3.05, 3.63) is 75.1 Å². The molecule has 0 aliphatic carbocycles. The van der Waals surface area contributed by atoms with Crippen molar-refractivity contribution in [1.82, 2.24) is 14.8 Å². The van der Waals surface area contributed by atoms with Gasteiger partial charge in [-0.3, -0.25) is 4.79 Å². The SMILES string of the molecule is O=c1[nH]nc(Cc2ccc(F)c([N+]3([O-])CCP(CC(F)(F)F)CC3)c2)c2ccccc12. The number of fused-ring (bicyclic) bond motifs is 1. The van der Waals surface area contributed by atoms with Crippen LogP contribution in [-0.2, 0) is 6.42 Å². The lowest BCUT2D eigenvalue weighted by Gasteiger charge is -2.47. The summed E-state index contributed by atoms with van der Waals surface area (Å²) in [7, 11) is -1.30. The number of H-pyrrole nitrogens is 1. The lowest BCUT2D eigenvalue weighted by molar-refractivity contribution is -0.106. The van der Waals surface area contributed by atoms with Crippen LogP contribution in [0.1, 0.15) is 11.3 Å². The zero-order chi connectivity index (χ0) is 22.2. The lowest BCUT2D eigenvalue weighted by Crippen LogP contribution is -2.51.